The van der Waals surface area contributed by atoms with Crippen molar-refractivity contribution in [1.29, 1.82) is 0 Å². The molecule has 0 saturated carbocycles. The van der Waals surface area contributed by atoms with Gasteiger partial charge in [-0.1, -0.05) is 49.1 Å². The molecule has 9 heteroatoms. The lowest BCUT2D eigenvalue weighted by atomic mass is 10.2. The zero-order valence-corrected chi connectivity index (χ0v) is 14.3. The first-order valence-electron chi connectivity index (χ1n) is 6.69. The molecule has 0 unspecified atom stereocenters. The molecule has 2 heterocycles. The third-order valence-corrected chi connectivity index (χ3v) is 6.50. The maximum Gasteiger partial charge on any atom is 0.295 e. The molecule has 6 nitrogen and oxygen atoms in total. The van der Waals surface area contributed by atoms with Gasteiger partial charge in [0.05, 0.1) is 5.75 Å². The van der Waals surface area contributed by atoms with Gasteiger partial charge in [-0.25, -0.2) is 13.4 Å². The Morgan fingerprint density at radius 3 is 2.73 bits per heavy atom. The number of hydrogen-bond donors (Lipinski definition) is 0. The molecule has 0 aromatic carbocycles. The number of hydrogen-bond acceptors (Lipinski definition) is 6. The largest absolute Gasteiger partial charge is 0.295 e. The molecule has 0 saturated heterocycles. The Hall–Kier alpha value is -1.43. The van der Waals surface area contributed by atoms with Gasteiger partial charge >= 0.3 is 0 Å². The second-order valence-corrected chi connectivity index (χ2v) is 8.28. The third-order valence-electron chi connectivity index (χ3n) is 3.01. The SMILES string of the molecule is C#Cc1nc2sc(S(=O)(=O)CCCCCC)nn2c(=O)c1Cl. The summed E-state index contributed by atoms with van der Waals surface area (Å²) in [6.45, 7) is 2.05. The van der Waals surface area contributed by atoms with E-state index in [1.807, 2.05) is 6.92 Å². The monoisotopic (exact) mass is 359 g/mol. The second-order valence-electron chi connectivity index (χ2n) is 4.67. The zero-order chi connectivity index (χ0) is 16.3. The van der Waals surface area contributed by atoms with Crippen molar-refractivity contribution in [2.75, 3.05) is 5.75 Å². The van der Waals surface area contributed by atoms with Gasteiger partial charge < -0.3 is 0 Å². The molecule has 0 amide bonds. The summed E-state index contributed by atoms with van der Waals surface area (Å²) < 4.78 is 25.2. The fraction of sp³-hybridized carbons (Fsp3) is 0.462. The van der Waals surface area contributed by atoms with Crippen LogP contribution in [0.25, 0.3) is 4.96 Å². The average molecular weight is 360 g/mol. The molecule has 2 rings (SSSR count). The number of halogens is 1. The fourth-order valence-corrected chi connectivity index (χ4v) is 4.58. The number of rotatable bonds is 6. The van der Waals surface area contributed by atoms with E-state index in [0.717, 1.165) is 35.1 Å². The Labute approximate surface area is 137 Å². The van der Waals surface area contributed by atoms with Gasteiger partial charge in [0.25, 0.3) is 5.56 Å². The molecule has 0 aliphatic carbocycles. The van der Waals surface area contributed by atoms with Crippen molar-refractivity contribution in [3.63, 3.8) is 0 Å². The first-order valence-corrected chi connectivity index (χ1v) is 9.54. The number of fused-ring (bicyclic) bond motifs is 1. The van der Waals surface area contributed by atoms with Crippen LogP contribution in [0.4, 0.5) is 0 Å². The van der Waals surface area contributed by atoms with E-state index >= 15 is 0 Å². The van der Waals surface area contributed by atoms with Crippen molar-refractivity contribution >= 4 is 37.7 Å². The van der Waals surface area contributed by atoms with Crippen LogP contribution in [0.15, 0.2) is 9.13 Å². The van der Waals surface area contributed by atoms with E-state index < -0.39 is 15.4 Å². The highest BCUT2D eigenvalue weighted by molar-refractivity contribution is 7.93. The summed E-state index contributed by atoms with van der Waals surface area (Å²) in [7, 11) is -3.54. The number of sulfone groups is 1. The van der Waals surface area contributed by atoms with Gasteiger partial charge in [-0.2, -0.15) is 4.52 Å². The second kappa shape index (κ2) is 6.77. The molecule has 0 atom stereocenters. The van der Waals surface area contributed by atoms with E-state index in [9.17, 15) is 13.2 Å². The molecule has 0 aliphatic rings. The Balaban J connectivity index is 2.40. The van der Waals surface area contributed by atoms with Crippen molar-refractivity contribution < 1.29 is 8.42 Å². The lowest BCUT2D eigenvalue weighted by molar-refractivity contribution is 0.586. The molecule has 0 bridgehead atoms. The molecule has 0 spiro atoms. The van der Waals surface area contributed by atoms with Crippen LogP contribution in [0.5, 0.6) is 0 Å². The Morgan fingerprint density at radius 1 is 1.36 bits per heavy atom. The summed E-state index contributed by atoms with van der Waals surface area (Å²) in [6, 6.07) is 0. The van der Waals surface area contributed by atoms with Crippen LogP contribution < -0.4 is 5.56 Å². The lowest BCUT2D eigenvalue weighted by Crippen LogP contribution is -2.17. The molecular formula is C13H14ClN3O3S2. The highest BCUT2D eigenvalue weighted by atomic mass is 35.5. The van der Waals surface area contributed by atoms with Gasteiger partial charge in [-0.3, -0.25) is 4.79 Å². The van der Waals surface area contributed by atoms with Crippen molar-refractivity contribution in [3.8, 4) is 12.3 Å². The van der Waals surface area contributed by atoms with Crippen LogP contribution in [0.1, 0.15) is 38.3 Å². The molecule has 2 aromatic heterocycles. The maximum absolute atomic E-state index is 12.2. The predicted molar refractivity (Wildman–Crippen MR) is 86.3 cm³/mol. The van der Waals surface area contributed by atoms with Crippen LogP contribution >= 0.6 is 22.9 Å². The van der Waals surface area contributed by atoms with Crippen molar-refractivity contribution in [2.24, 2.45) is 0 Å². The smallest absolute Gasteiger partial charge is 0.265 e. The Kier molecular flexibility index (Phi) is 5.21. The van der Waals surface area contributed by atoms with Crippen molar-refractivity contribution in [1.82, 2.24) is 14.6 Å². The fourth-order valence-electron chi connectivity index (χ4n) is 1.84. The molecule has 118 valence electrons. The quantitative estimate of drug-likeness (QED) is 0.583. The molecular weight excluding hydrogens is 346 g/mol. The maximum atomic E-state index is 12.2. The summed E-state index contributed by atoms with van der Waals surface area (Å²) >= 11 is 6.61. The van der Waals surface area contributed by atoms with E-state index in [1.54, 1.807) is 0 Å². The van der Waals surface area contributed by atoms with Crippen molar-refractivity contribution in [3.05, 3.63) is 21.1 Å². The van der Waals surface area contributed by atoms with Gasteiger partial charge in [0.1, 0.15) is 10.7 Å². The first-order chi connectivity index (χ1) is 10.4. The number of nitrogens with zero attached hydrogens (tertiary/aromatic N) is 3. The summed E-state index contributed by atoms with van der Waals surface area (Å²) in [5, 5.41) is 3.60. The van der Waals surface area contributed by atoms with E-state index in [-0.39, 0.29) is 25.8 Å². The normalized spacial score (nSPS) is 11.7. The van der Waals surface area contributed by atoms with Crippen LogP contribution in [-0.2, 0) is 9.84 Å². The third kappa shape index (κ3) is 3.32. The summed E-state index contributed by atoms with van der Waals surface area (Å²) in [4.78, 5) is 16.1. The summed E-state index contributed by atoms with van der Waals surface area (Å²) in [6.07, 6.45) is 8.62. The number of aromatic nitrogens is 3. The topological polar surface area (TPSA) is 81.4 Å². The predicted octanol–water partition coefficient (Wildman–Crippen LogP) is 2.14. The van der Waals surface area contributed by atoms with Crippen LogP contribution in [-0.4, -0.2) is 28.8 Å². The number of unbranched alkanes of at least 4 members (excludes halogenated alkanes) is 3. The van der Waals surface area contributed by atoms with Gasteiger partial charge in [0.15, 0.2) is 0 Å². The minimum Gasteiger partial charge on any atom is -0.265 e. The molecule has 0 fully saturated rings. The van der Waals surface area contributed by atoms with E-state index in [4.69, 9.17) is 18.0 Å². The van der Waals surface area contributed by atoms with Crippen LogP contribution in [0.3, 0.4) is 0 Å². The van der Waals surface area contributed by atoms with Gasteiger partial charge in [-0.15, -0.1) is 11.5 Å². The highest BCUT2D eigenvalue weighted by Gasteiger charge is 2.22. The Bertz CT molecular complexity index is 894. The minimum atomic E-state index is -3.54. The van der Waals surface area contributed by atoms with E-state index in [1.165, 1.54) is 0 Å². The van der Waals surface area contributed by atoms with Gasteiger partial charge in [0, 0.05) is 0 Å². The van der Waals surface area contributed by atoms with E-state index in [0.29, 0.717) is 6.42 Å². The summed E-state index contributed by atoms with van der Waals surface area (Å²) in [5.74, 6) is 2.19. The molecule has 2 aromatic rings. The average Bonchev–Trinajstić information content (AvgIpc) is 2.92. The minimum absolute atomic E-state index is 0.00268. The Morgan fingerprint density at radius 2 is 2.09 bits per heavy atom. The van der Waals surface area contributed by atoms with Gasteiger partial charge in [-0.05, 0) is 12.3 Å². The van der Waals surface area contributed by atoms with Gasteiger partial charge in [0.2, 0.25) is 19.1 Å². The molecule has 22 heavy (non-hydrogen) atoms. The first kappa shape index (κ1) is 16.9. The standard InChI is InChI=1S/C13H14ClN3O3S2/c1-3-5-6-7-8-22(19,20)13-16-17-11(18)10(14)9(4-2)15-12(17)21-13/h2H,3,5-8H2,1H3. The van der Waals surface area contributed by atoms with Crippen molar-refractivity contribution in [2.45, 2.75) is 36.9 Å². The lowest BCUT2D eigenvalue weighted by Gasteiger charge is -1.99. The molecule has 0 aliphatic heterocycles. The molecule has 0 N–H and O–H groups in total. The number of terminal acetylenes is 1. The summed E-state index contributed by atoms with van der Waals surface area (Å²) in [5.41, 5.74) is -0.675. The van der Waals surface area contributed by atoms with Crippen LogP contribution in [0, 0.1) is 12.3 Å². The van der Waals surface area contributed by atoms with E-state index in [2.05, 4.69) is 16.0 Å². The molecule has 0 radical (unpaired) electrons. The zero-order valence-electron chi connectivity index (χ0n) is 11.9. The van der Waals surface area contributed by atoms with Crippen LogP contribution in [0.2, 0.25) is 5.02 Å². The highest BCUT2D eigenvalue weighted by Crippen LogP contribution is 2.21.